The first-order valence-corrected chi connectivity index (χ1v) is 6.92. The quantitative estimate of drug-likeness (QED) is 0.856. The van der Waals surface area contributed by atoms with Crippen LogP contribution in [0.3, 0.4) is 0 Å². The van der Waals surface area contributed by atoms with E-state index in [1.807, 2.05) is 18.2 Å². The lowest BCUT2D eigenvalue weighted by atomic mass is 10.1. The molecule has 96 valence electrons. The van der Waals surface area contributed by atoms with Gasteiger partial charge in [-0.25, -0.2) is 0 Å². The van der Waals surface area contributed by atoms with Gasteiger partial charge in [-0.15, -0.1) is 0 Å². The average molecular weight is 244 g/mol. The monoisotopic (exact) mass is 244 g/mol. The summed E-state index contributed by atoms with van der Waals surface area (Å²) in [6.07, 6.45) is 4.31. The molecular weight excluding hydrogens is 224 g/mol. The van der Waals surface area contributed by atoms with E-state index >= 15 is 0 Å². The molecule has 1 fully saturated rings. The second kappa shape index (κ2) is 4.73. The standard InChI is InChI=1S/C15H20N2O/c1-2-10-9-14(10)16-13-8-7-11-5-3-4-6-12(11)17-15(13)18/h3-6,10,13-14,16H,2,7-9H2,1H3,(H,17,18). The Labute approximate surface area is 108 Å². The van der Waals surface area contributed by atoms with E-state index in [4.69, 9.17) is 0 Å². The maximum atomic E-state index is 12.2. The number of rotatable bonds is 3. The maximum absolute atomic E-state index is 12.2. The highest BCUT2D eigenvalue weighted by atomic mass is 16.2. The minimum atomic E-state index is -0.0288. The van der Waals surface area contributed by atoms with Gasteiger partial charge in [0.1, 0.15) is 0 Å². The number of carbonyl (C=O) groups is 1. The number of amides is 1. The zero-order valence-corrected chi connectivity index (χ0v) is 10.8. The molecule has 3 unspecified atom stereocenters. The fraction of sp³-hybridized carbons (Fsp3) is 0.533. The molecule has 3 heteroatoms. The van der Waals surface area contributed by atoms with Gasteiger partial charge in [0.25, 0.3) is 0 Å². The third-order valence-corrected chi connectivity index (χ3v) is 4.16. The van der Waals surface area contributed by atoms with Crippen molar-refractivity contribution in [2.24, 2.45) is 5.92 Å². The van der Waals surface area contributed by atoms with Crippen LogP contribution >= 0.6 is 0 Å². The minimum absolute atomic E-state index is 0.0288. The van der Waals surface area contributed by atoms with E-state index < -0.39 is 0 Å². The van der Waals surface area contributed by atoms with Crippen molar-refractivity contribution in [1.29, 1.82) is 0 Å². The molecule has 3 nitrogen and oxygen atoms in total. The molecule has 1 aromatic rings. The molecule has 3 rings (SSSR count). The SMILES string of the molecule is CCC1CC1NC1CCc2ccccc2NC1=O. The van der Waals surface area contributed by atoms with Crippen LogP contribution in [0, 0.1) is 5.92 Å². The van der Waals surface area contributed by atoms with Crippen molar-refractivity contribution in [3.8, 4) is 0 Å². The van der Waals surface area contributed by atoms with Crippen molar-refractivity contribution in [2.75, 3.05) is 5.32 Å². The molecule has 1 aromatic carbocycles. The molecule has 1 amide bonds. The third kappa shape index (κ3) is 2.27. The summed E-state index contributed by atoms with van der Waals surface area (Å²) in [7, 11) is 0. The van der Waals surface area contributed by atoms with Gasteiger partial charge in [0.15, 0.2) is 0 Å². The van der Waals surface area contributed by atoms with Crippen LogP contribution in [-0.4, -0.2) is 18.0 Å². The van der Waals surface area contributed by atoms with E-state index in [-0.39, 0.29) is 11.9 Å². The van der Waals surface area contributed by atoms with Gasteiger partial charge < -0.3 is 10.6 Å². The Hall–Kier alpha value is -1.35. The van der Waals surface area contributed by atoms with Gasteiger partial charge in [-0.05, 0) is 36.8 Å². The highest BCUT2D eigenvalue weighted by molar-refractivity contribution is 5.96. The first-order chi connectivity index (χ1) is 8.78. The summed E-state index contributed by atoms with van der Waals surface area (Å²) >= 11 is 0. The summed E-state index contributed by atoms with van der Waals surface area (Å²) in [5.74, 6) is 0.908. The fourth-order valence-electron chi connectivity index (χ4n) is 2.83. The fourth-order valence-corrected chi connectivity index (χ4v) is 2.83. The summed E-state index contributed by atoms with van der Waals surface area (Å²) in [6, 6.07) is 8.63. The van der Waals surface area contributed by atoms with E-state index in [1.54, 1.807) is 0 Å². The Morgan fingerprint density at radius 1 is 1.39 bits per heavy atom. The number of nitrogens with one attached hydrogen (secondary N) is 2. The molecule has 0 bridgehead atoms. The highest BCUT2D eigenvalue weighted by Crippen LogP contribution is 2.34. The lowest BCUT2D eigenvalue weighted by Gasteiger charge is -2.15. The molecule has 18 heavy (non-hydrogen) atoms. The Morgan fingerprint density at radius 2 is 2.22 bits per heavy atom. The molecule has 0 aromatic heterocycles. The molecule has 1 aliphatic heterocycles. The molecule has 0 radical (unpaired) electrons. The zero-order chi connectivity index (χ0) is 12.5. The predicted octanol–water partition coefficient (Wildman–Crippen LogP) is 2.33. The molecule has 2 aliphatic rings. The van der Waals surface area contributed by atoms with Crippen molar-refractivity contribution < 1.29 is 4.79 Å². The summed E-state index contributed by atoms with van der Waals surface area (Å²) in [4.78, 5) is 12.2. The zero-order valence-electron chi connectivity index (χ0n) is 10.8. The van der Waals surface area contributed by atoms with Gasteiger partial charge in [0.05, 0.1) is 6.04 Å². The van der Waals surface area contributed by atoms with Crippen LogP contribution in [0.4, 0.5) is 5.69 Å². The number of hydrogen-bond donors (Lipinski definition) is 2. The lowest BCUT2D eigenvalue weighted by molar-refractivity contribution is -0.118. The molecule has 1 heterocycles. The number of aryl methyl sites for hydroxylation is 1. The lowest BCUT2D eigenvalue weighted by Crippen LogP contribution is -2.41. The van der Waals surface area contributed by atoms with Crippen molar-refractivity contribution in [3.05, 3.63) is 29.8 Å². The molecule has 0 saturated heterocycles. The molecular formula is C15H20N2O. The van der Waals surface area contributed by atoms with Gasteiger partial charge in [-0.2, -0.15) is 0 Å². The third-order valence-electron chi connectivity index (χ3n) is 4.16. The Morgan fingerprint density at radius 3 is 3.00 bits per heavy atom. The summed E-state index contributed by atoms with van der Waals surface area (Å²) < 4.78 is 0. The Balaban J connectivity index is 1.67. The first kappa shape index (κ1) is 11.7. The van der Waals surface area contributed by atoms with Gasteiger partial charge in [-0.1, -0.05) is 31.5 Å². The van der Waals surface area contributed by atoms with Crippen molar-refractivity contribution >= 4 is 11.6 Å². The minimum Gasteiger partial charge on any atom is -0.324 e. The van der Waals surface area contributed by atoms with Crippen LogP contribution < -0.4 is 10.6 Å². The molecule has 1 aliphatic carbocycles. The van der Waals surface area contributed by atoms with Gasteiger partial charge in [0.2, 0.25) is 5.91 Å². The van der Waals surface area contributed by atoms with Crippen LogP contribution in [0.2, 0.25) is 0 Å². The van der Waals surface area contributed by atoms with E-state index in [1.165, 1.54) is 18.4 Å². The predicted molar refractivity (Wildman–Crippen MR) is 72.5 cm³/mol. The molecule has 1 saturated carbocycles. The first-order valence-electron chi connectivity index (χ1n) is 6.92. The second-order valence-corrected chi connectivity index (χ2v) is 5.41. The molecule has 3 atom stereocenters. The second-order valence-electron chi connectivity index (χ2n) is 5.41. The van der Waals surface area contributed by atoms with Crippen LogP contribution in [-0.2, 0) is 11.2 Å². The van der Waals surface area contributed by atoms with Gasteiger partial charge in [-0.3, -0.25) is 4.79 Å². The number of benzene rings is 1. The summed E-state index contributed by atoms with van der Waals surface area (Å²) in [5, 5.41) is 6.54. The molecule has 2 N–H and O–H groups in total. The van der Waals surface area contributed by atoms with Crippen molar-refractivity contribution in [3.63, 3.8) is 0 Å². The maximum Gasteiger partial charge on any atom is 0.241 e. The van der Waals surface area contributed by atoms with Crippen molar-refractivity contribution in [1.82, 2.24) is 5.32 Å². The number of para-hydroxylation sites is 1. The van der Waals surface area contributed by atoms with Crippen LogP contribution in [0.1, 0.15) is 31.7 Å². The smallest absolute Gasteiger partial charge is 0.241 e. The number of hydrogen-bond acceptors (Lipinski definition) is 2. The van der Waals surface area contributed by atoms with E-state index in [9.17, 15) is 4.79 Å². The summed E-state index contributed by atoms with van der Waals surface area (Å²) in [5.41, 5.74) is 2.23. The Bertz CT molecular complexity index is 458. The van der Waals surface area contributed by atoms with Crippen LogP contribution in [0.25, 0.3) is 0 Å². The van der Waals surface area contributed by atoms with Gasteiger partial charge >= 0.3 is 0 Å². The Kier molecular flexibility index (Phi) is 3.08. The highest BCUT2D eigenvalue weighted by Gasteiger charge is 2.38. The van der Waals surface area contributed by atoms with Crippen molar-refractivity contribution in [2.45, 2.75) is 44.7 Å². The van der Waals surface area contributed by atoms with Gasteiger partial charge in [0, 0.05) is 11.7 Å². The number of fused-ring (bicyclic) bond motifs is 1. The average Bonchev–Trinajstić information content (AvgIpc) is 3.15. The van der Waals surface area contributed by atoms with E-state index in [0.29, 0.717) is 6.04 Å². The van der Waals surface area contributed by atoms with Crippen LogP contribution in [0.15, 0.2) is 24.3 Å². The number of carbonyl (C=O) groups excluding carboxylic acids is 1. The van der Waals surface area contributed by atoms with E-state index in [2.05, 4.69) is 23.6 Å². The normalized spacial score (nSPS) is 30.3. The van der Waals surface area contributed by atoms with Crippen LogP contribution in [0.5, 0.6) is 0 Å². The summed E-state index contributed by atoms with van der Waals surface area (Å²) in [6.45, 7) is 2.22. The van der Waals surface area contributed by atoms with E-state index in [0.717, 1.165) is 24.4 Å². The largest absolute Gasteiger partial charge is 0.324 e. The molecule has 0 spiro atoms. The topological polar surface area (TPSA) is 41.1 Å². The number of anilines is 1.